The van der Waals surface area contributed by atoms with Gasteiger partial charge < -0.3 is 41.1 Å². The molecule has 66 heavy (non-hydrogen) atoms. The number of nitrogens with zero attached hydrogens (tertiary/aromatic N) is 4. The highest BCUT2D eigenvalue weighted by atomic mass is 35.5. The van der Waals surface area contributed by atoms with Gasteiger partial charge >= 0.3 is 6.03 Å². The first-order valence-electron chi connectivity index (χ1n) is 22.7. The highest BCUT2D eigenvalue weighted by Gasteiger charge is 2.39. The second kappa shape index (κ2) is 21.6. The fourth-order valence-electron chi connectivity index (χ4n) is 9.04. The SMILES string of the molecule is CNC(=O)c1ccccc1Nc1nc(Nc2ccc(C3CCN(C(=O)N[C@H]4CC[C@@H](NCCOCCC#Cc5ccc6c(c5)CN(C5CCC(=O)NC5=O)C6=O)CC4)CC3)cc2)ncc1Cl. The van der Waals surface area contributed by atoms with Gasteiger partial charge in [0.05, 0.1) is 30.7 Å². The van der Waals surface area contributed by atoms with Crippen molar-refractivity contribution in [2.75, 3.05) is 50.5 Å². The fourth-order valence-corrected chi connectivity index (χ4v) is 9.17. The predicted molar refractivity (Wildman–Crippen MR) is 251 cm³/mol. The van der Waals surface area contributed by atoms with Crippen molar-refractivity contribution in [2.45, 2.75) is 88.4 Å². The standard InChI is InChI=1S/C49H55ClN10O6/c1-51-45(62)39-7-2-3-8-41(39)56-44-40(50)29-53-48(58-44)54-36-12-10-32(11-13-36)33-21-24-59(25-22-33)49(65)55-37-16-14-35(15-17-37)52-23-27-66-26-5-4-6-31-9-18-38-34(28-31)30-60(47(38)64)42-19-20-43(61)57-46(42)63/h2-3,7-13,18,28-29,33,35,37,42,52H,5,14-17,19-27,30H2,1H3,(H,51,62)(H,55,65)(H,57,61,63)(H2,53,54,56,58)/t35-,37+,42?. The lowest BCUT2D eigenvalue weighted by molar-refractivity contribution is -0.136. The number of anilines is 4. The maximum absolute atomic E-state index is 13.2. The predicted octanol–water partition coefficient (Wildman–Crippen LogP) is 5.99. The quantitative estimate of drug-likeness (QED) is 0.0494. The van der Waals surface area contributed by atoms with Crippen LogP contribution in [0, 0.1) is 11.8 Å². The van der Waals surface area contributed by atoms with E-state index in [9.17, 15) is 24.0 Å². The number of carbonyl (C=O) groups excluding carboxylic acids is 5. The summed E-state index contributed by atoms with van der Waals surface area (Å²) in [5.41, 5.74) is 5.31. The minimum absolute atomic E-state index is 0.0255. The Kier molecular flexibility index (Phi) is 15.1. The summed E-state index contributed by atoms with van der Waals surface area (Å²) in [6.07, 6.45) is 8.31. The molecule has 4 heterocycles. The van der Waals surface area contributed by atoms with Gasteiger partial charge in [0.1, 0.15) is 11.1 Å². The third-order valence-corrected chi connectivity index (χ3v) is 13.0. The molecule has 4 aromatic rings. The van der Waals surface area contributed by atoms with Crippen LogP contribution in [-0.2, 0) is 20.9 Å². The molecule has 16 nitrogen and oxygen atoms in total. The lowest BCUT2D eigenvalue weighted by Crippen LogP contribution is -2.52. The van der Waals surface area contributed by atoms with Crippen LogP contribution in [-0.4, -0.2) is 107 Å². The topological polar surface area (TPSA) is 199 Å². The van der Waals surface area contributed by atoms with Gasteiger partial charge in [0.15, 0.2) is 5.82 Å². The van der Waals surface area contributed by atoms with Gasteiger partial charge in [0.25, 0.3) is 11.8 Å². The first-order valence-corrected chi connectivity index (χ1v) is 23.1. The smallest absolute Gasteiger partial charge is 0.317 e. The molecule has 0 spiro atoms. The molecule has 1 aliphatic carbocycles. The number of hydrogen-bond donors (Lipinski definition) is 6. The van der Waals surface area contributed by atoms with Crippen LogP contribution >= 0.6 is 11.6 Å². The maximum Gasteiger partial charge on any atom is 0.317 e. The Labute approximate surface area is 389 Å². The summed E-state index contributed by atoms with van der Waals surface area (Å²) in [7, 11) is 1.58. The lowest BCUT2D eigenvalue weighted by atomic mass is 9.89. The molecule has 8 rings (SSSR count). The number of likely N-dealkylation sites (tertiary alicyclic amines) is 1. The third kappa shape index (κ3) is 11.5. The molecule has 1 saturated carbocycles. The summed E-state index contributed by atoms with van der Waals surface area (Å²) in [6.45, 7) is 3.60. The number of fused-ring (bicyclic) bond motifs is 1. The second-order valence-corrected chi connectivity index (χ2v) is 17.4. The van der Waals surface area contributed by atoms with E-state index < -0.39 is 11.9 Å². The van der Waals surface area contributed by atoms with E-state index in [1.807, 2.05) is 35.2 Å². The zero-order valence-corrected chi connectivity index (χ0v) is 37.7. The molecule has 0 bridgehead atoms. The summed E-state index contributed by atoms with van der Waals surface area (Å²) >= 11 is 6.41. The van der Waals surface area contributed by atoms with E-state index in [0.717, 1.165) is 61.9 Å². The molecular weight excluding hydrogens is 860 g/mol. The molecule has 3 aliphatic heterocycles. The Morgan fingerprint density at radius 2 is 1.68 bits per heavy atom. The number of halogens is 1. The van der Waals surface area contributed by atoms with Gasteiger partial charge in [-0.25, -0.2) is 9.78 Å². The molecule has 2 saturated heterocycles. The van der Waals surface area contributed by atoms with E-state index >= 15 is 0 Å². The molecule has 1 unspecified atom stereocenters. The molecule has 6 N–H and O–H groups in total. The number of imide groups is 1. The highest BCUT2D eigenvalue weighted by Crippen LogP contribution is 2.32. The molecule has 1 aromatic heterocycles. The van der Waals surface area contributed by atoms with Crippen molar-refractivity contribution in [1.82, 2.24) is 41.0 Å². The van der Waals surface area contributed by atoms with Crippen LogP contribution in [0.2, 0.25) is 5.02 Å². The maximum atomic E-state index is 13.2. The van der Waals surface area contributed by atoms with Crippen molar-refractivity contribution in [1.29, 1.82) is 0 Å². The molecule has 3 aromatic carbocycles. The zero-order chi connectivity index (χ0) is 46.0. The van der Waals surface area contributed by atoms with E-state index in [0.29, 0.717) is 91.3 Å². The number of ether oxygens (including phenoxy) is 1. The summed E-state index contributed by atoms with van der Waals surface area (Å²) in [4.78, 5) is 74.8. The molecule has 344 valence electrons. The van der Waals surface area contributed by atoms with Crippen LogP contribution in [0.25, 0.3) is 0 Å². The number of rotatable bonds is 14. The Morgan fingerprint density at radius 1 is 0.909 bits per heavy atom. The zero-order valence-electron chi connectivity index (χ0n) is 37.0. The third-order valence-electron chi connectivity index (χ3n) is 12.7. The molecule has 6 amide bonds. The molecule has 3 fully saturated rings. The van der Waals surface area contributed by atoms with Gasteiger partial charge in [-0.2, -0.15) is 4.98 Å². The van der Waals surface area contributed by atoms with Crippen molar-refractivity contribution in [3.05, 3.63) is 106 Å². The minimum Gasteiger partial charge on any atom is -0.379 e. The van der Waals surface area contributed by atoms with Crippen LogP contribution in [0.4, 0.5) is 27.9 Å². The number of para-hydroxylation sites is 1. The molecule has 1 atom stereocenters. The van der Waals surface area contributed by atoms with Crippen molar-refractivity contribution < 1.29 is 28.7 Å². The van der Waals surface area contributed by atoms with Gasteiger partial charge in [-0.3, -0.25) is 24.5 Å². The first kappa shape index (κ1) is 46.0. The van der Waals surface area contributed by atoms with E-state index in [2.05, 4.69) is 65.8 Å². The summed E-state index contributed by atoms with van der Waals surface area (Å²) in [5, 5.41) is 18.6. The normalized spacial score (nSPS) is 19.6. The highest BCUT2D eigenvalue weighted by molar-refractivity contribution is 6.33. The molecule has 4 aliphatic rings. The number of hydrogen-bond acceptors (Lipinski definition) is 11. The fraction of sp³-hybridized carbons (Fsp3) is 0.408. The van der Waals surface area contributed by atoms with Crippen molar-refractivity contribution in [3.8, 4) is 11.8 Å². The molecular formula is C49H55ClN10O6. The Hall–Kier alpha value is -6.54. The lowest BCUT2D eigenvalue weighted by Gasteiger charge is -2.35. The average molecular weight is 915 g/mol. The average Bonchev–Trinajstić information content (AvgIpc) is 3.66. The van der Waals surface area contributed by atoms with E-state index in [1.165, 1.54) is 11.8 Å². The number of piperidine rings is 2. The number of carbonyl (C=O) groups is 5. The Bertz CT molecular complexity index is 2490. The Morgan fingerprint density at radius 3 is 2.45 bits per heavy atom. The van der Waals surface area contributed by atoms with Crippen molar-refractivity contribution in [3.63, 3.8) is 0 Å². The summed E-state index contributed by atoms with van der Waals surface area (Å²) in [6, 6.07) is 20.8. The van der Waals surface area contributed by atoms with Crippen LogP contribution in [0.1, 0.15) is 101 Å². The van der Waals surface area contributed by atoms with Gasteiger partial charge in [0.2, 0.25) is 17.8 Å². The molecule has 17 heteroatoms. The Balaban J connectivity index is 0.687. The monoisotopic (exact) mass is 914 g/mol. The van der Waals surface area contributed by atoms with E-state index in [-0.39, 0.29) is 36.2 Å². The van der Waals surface area contributed by atoms with Crippen molar-refractivity contribution >= 4 is 64.4 Å². The number of nitrogens with one attached hydrogen (secondary N) is 6. The van der Waals surface area contributed by atoms with E-state index in [1.54, 1.807) is 36.2 Å². The number of urea groups is 1. The molecule has 0 radical (unpaired) electrons. The van der Waals surface area contributed by atoms with Crippen molar-refractivity contribution in [2.24, 2.45) is 0 Å². The first-order chi connectivity index (χ1) is 32.1. The van der Waals surface area contributed by atoms with E-state index in [4.69, 9.17) is 16.3 Å². The number of amides is 6. The van der Waals surface area contributed by atoms with Crippen LogP contribution in [0.15, 0.2) is 72.9 Å². The summed E-state index contributed by atoms with van der Waals surface area (Å²) in [5.74, 6) is 6.26. The second-order valence-electron chi connectivity index (χ2n) is 17.0. The van der Waals surface area contributed by atoms with Crippen LogP contribution in [0.5, 0.6) is 0 Å². The van der Waals surface area contributed by atoms with Crippen LogP contribution in [0.3, 0.4) is 0 Å². The number of benzene rings is 3. The largest absolute Gasteiger partial charge is 0.379 e. The van der Waals surface area contributed by atoms with Gasteiger partial charge in [0, 0.05) is 75.0 Å². The summed E-state index contributed by atoms with van der Waals surface area (Å²) < 4.78 is 5.82. The van der Waals surface area contributed by atoms with Gasteiger partial charge in [-0.05, 0) is 104 Å². The minimum atomic E-state index is -0.633. The number of aromatic nitrogens is 2. The van der Waals surface area contributed by atoms with Gasteiger partial charge in [-0.1, -0.05) is 47.7 Å². The van der Waals surface area contributed by atoms with Crippen LogP contribution < -0.4 is 31.9 Å². The van der Waals surface area contributed by atoms with Gasteiger partial charge in [-0.15, -0.1) is 0 Å².